The van der Waals surface area contributed by atoms with Crippen LogP contribution in [0, 0.1) is 0 Å². The summed E-state index contributed by atoms with van der Waals surface area (Å²) in [5.41, 5.74) is 0.0964. The number of benzene rings is 1. The molecule has 1 aromatic carbocycles. The van der Waals surface area contributed by atoms with Crippen molar-refractivity contribution in [2.75, 3.05) is 19.8 Å². The Labute approximate surface area is 126 Å². The standard InChI is InChI=1S/C17H24O4/c1-2-4-14-12-17(18,7-10-19-14)13-5-6-15-16(11-13)21-9-3-8-20-15/h5-6,11,14,18H,2-4,7-10,12H2,1H3. The van der Waals surface area contributed by atoms with Gasteiger partial charge in [0.15, 0.2) is 11.5 Å². The smallest absolute Gasteiger partial charge is 0.161 e. The lowest BCUT2D eigenvalue weighted by Crippen LogP contribution is -2.38. The third kappa shape index (κ3) is 3.16. The first-order valence-electron chi connectivity index (χ1n) is 7.95. The summed E-state index contributed by atoms with van der Waals surface area (Å²) in [6, 6.07) is 5.81. The zero-order chi connectivity index (χ0) is 14.7. The van der Waals surface area contributed by atoms with Crippen LogP contribution in [0.25, 0.3) is 0 Å². The topological polar surface area (TPSA) is 47.9 Å². The van der Waals surface area contributed by atoms with Gasteiger partial charge in [-0.05, 0) is 24.1 Å². The maximum absolute atomic E-state index is 11.0. The largest absolute Gasteiger partial charge is 0.490 e. The molecule has 2 heterocycles. The summed E-state index contributed by atoms with van der Waals surface area (Å²) in [4.78, 5) is 0. The molecule has 0 aromatic heterocycles. The molecule has 21 heavy (non-hydrogen) atoms. The van der Waals surface area contributed by atoms with Crippen LogP contribution < -0.4 is 9.47 Å². The van der Waals surface area contributed by atoms with Gasteiger partial charge < -0.3 is 19.3 Å². The Bertz CT molecular complexity index is 486. The molecule has 1 saturated heterocycles. The number of ether oxygens (including phenoxy) is 3. The second-order valence-corrected chi connectivity index (χ2v) is 5.98. The average molecular weight is 292 g/mol. The molecule has 3 rings (SSSR count). The number of rotatable bonds is 3. The van der Waals surface area contributed by atoms with Crippen molar-refractivity contribution in [1.82, 2.24) is 0 Å². The van der Waals surface area contributed by atoms with Gasteiger partial charge in [0.05, 0.1) is 31.5 Å². The van der Waals surface area contributed by atoms with Crippen LogP contribution in [0.1, 0.15) is 44.6 Å². The minimum atomic E-state index is -0.817. The van der Waals surface area contributed by atoms with Crippen molar-refractivity contribution in [1.29, 1.82) is 0 Å². The molecule has 0 radical (unpaired) electrons. The molecule has 4 heteroatoms. The second-order valence-electron chi connectivity index (χ2n) is 5.98. The maximum Gasteiger partial charge on any atom is 0.161 e. The van der Waals surface area contributed by atoms with Gasteiger partial charge in [0, 0.05) is 19.3 Å². The SMILES string of the molecule is CCCC1CC(O)(c2ccc3c(c2)OCCCO3)CCO1. The first kappa shape index (κ1) is 14.7. The lowest BCUT2D eigenvalue weighted by molar-refractivity contribution is -0.110. The molecule has 0 aliphatic carbocycles. The normalized spacial score (nSPS) is 29.0. The molecule has 1 aromatic rings. The van der Waals surface area contributed by atoms with Gasteiger partial charge in [0.2, 0.25) is 0 Å². The molecule has 1 fully saturated rings. The fourth-order valence-electron chi connectivity index (χ4n) is 3.15. The van der Waals surface area contributed by atoms with Crippen LogP contribution in [0.3, 0.4) is 0 Å². The maximum atomic E-state index is 11.0. The Morgan fingerprint density at radius 2 is 2.00 bits per heavy atom. The predicted octanol–water partition coefficient (Wildman–Crippen LogP) is 3.01. The van der Waals surface area contributed by atoms with Crippen molar-refractivity contribution in [2.45, 2.75) is 50.7 Å². The summed E-state index contributed by atoms with van der Waals surface area (Å²) in [6.45, 7) is 4.10. The average Bonchev–Trinajstić information content (AvgIpc) is 2.72. The van der Waals surface area contributed by atoms with E-state index in [2.05, 4.69) is 6.92 Å². The molecule has 0 bridgehead atoms. The Morgan fingerprint density at radius 1 is 1.19 bits per heavy atom. The van der Waals surface area contributed by atoms with E-state index >= 15 is 0 Å². The Morgan fingerprint density at radius 3 is 2.81 bits per heavy atom. The quantitative estimate of drug-likeness (QED) is 0.930. The molecule has 4 nitrogen and oxygen atoms in total. The van der Waals surface area contributed by atoms with Gasteiger partial charge in [-0.25, -0.2) is 0 Å². The third-order valence-electron chi connectivity index (χ3n) is 4.33. The highest BCUT2D eigenvalue weighted by molar-refractivity contribution is 5.45. The van der Waals surface area contributed by atoms with Crippen molar-refractivity contribution >= 4 is 0 Å². The van der Waals surface area contributed by atoms with Crippen LogP contribution in [0.2, 0.25) is 0 Å². The van der Waals surface area contributed by atoms with Gasteiger partial charge in [-0.1, -0.05) is 19.4 Å². The number of aliphatic hydroxyl groups is 1. The first-order chi connectivity index (χ1) is 10.2. The molecule has 0 spiro atoms. The van der Waals surface area contributed by atoms with E-state index in [9.17, 15) is 5.11 Å². The van der Waals surface area contributed by atoms with E-state index in [1.165, 1.54) is 0 Å². The summed E-state index contributed by atoms with van der Waals surface area (Å²) in [5, 5.41) is 11.0. The van der Waals surface area contributed by atoms with Crippen LogP contribution >= 0.6 is 0 Å². The van der Waals surface area contributed by atoms with Gasteiger partial charge in [0.25, 0.3) is 0 Å². The fraction of sp³-hybridized carbons (Fsp3) is 0.647. The van der Waals surface area contributed by atoms with E-state index in [0.717, 1.165) is 36.3 Å². The summed E-state index contributed by atoms with van der Waals surface area (Å²) in [5.74, 6) is 1.52. The van der Waals surface area contributed by atoms with Gasteiger partial charge in [0.1, 0.15) is 0 Å². The summed E-state index contributed by atoms with van der Waals surface area (Å²) in [6.07, 6.45) is 4.38. The summed E-state index contributed by atoms with van der Waals surface area (Å²) in [7, 11) is 0. The molecular formula is C17H24O4. The predicted molar refractivity (Wildman–Crippen MR) is 79.8 cm³/mol. The molecule has 1 N–H and O–H groups in total. The Hall–Kier alpha value is -1.26. The zero-order valence-electron chi connectivity index (χ0n) is 12.6. The van der Waals surface area contributed by atoms with Gasteiger partial charge >= 0.3 is 0 Å². The molecule has 0 saturated carbocycles. The van der Waals surface area contributed by atoms with E-state index in [-0.39, 0.29) is 6.10 Å². The molecule has 2 atom stereocenters. The highest BCUT2D eigenvalue weighted by Crippen LogP contribution is 2.40. The van der Waals surface area contributed by atoms with Crippen molar-refractivity contribution in [3.63, 3.8) is 0 Å². The summed E-state index contributed by atoms with van der Waals surface area (Å²) >= 11 is 0. The highest BCUT2D eigenvalue weighted by atomic mass is 16.5. The van der Waals surface area contributed by atoms with Crippen LogP contribution in [0.5, 0.6) is 11.5 Å². The fourth-order valence-corrected chi connectivity index (χ4v) is 3.15. The van der Waals surface area contributed by atoms with Gasteiger partial charge in [-0.2, -0.15) is 0 Å². The molecule has 2 aliphatic heterocycles. The first-order valence-corrected chi connectivity index (χ1v) is 7.95. The molecule has 2 aliphatic rings. The minimum absolute atomic E-state index is 0.143. The molecule has 0 amide bonds. The monoisotopic (exact) mass is 292 g/mol. The zero-order valence-corrected chi connectivity index (χ0v) is 12.6. The van der Waals surface area contributed by atoms with Crippen molar-refractivity contribution < 1.29 is 19.3 Å². The molecule has 116 valence electrons. The van der Waals surface area contributed by atoms with Crippen molar-refractivity contribution in [3.05, 3.63) is 23.8 Å². The van der Waals surface area contributed by atoms with E-state index < -0.39 is 5.60 Å². The van der Waals surface area contributed by atoms with Crippen LogP contribution in [-0.4, -0.2) is 31.0 Å². The Balaban J connectivity index is 1.83. The highest BCUT2D eigenvalue weighted by Gasteiger charge is 2.37. The molecular weight excluding hydrogens is 268 g/mol. The lowest BCUT2D eigenvalue weighted by atomic mass is 9.82. The lowest BCUT2D eigenvalue weighted by Gasteiger charge is -2.37. The second kappa shape index (κ2) is 6.24. The number of hydrogen-bond acceptors (Lipinski definition) is 4. The van der Waals surface area contributed by atoms with Crippen molar-refractivity contribution in [3.8, 4) is 11.5 Å². The van der Waals surface area contributed by atoms with E-state index in [1.807, 2.05) is 18.2 Å². The van der Waals surface area contributed by atoms with Gasteiger partial charge in [-0.15, -0.1) is 0 Å². The van der Waals surface area contributed by atoms with Crippen molar-refractivity contribution in [2.24, 2.45) is 0 Å². The van der Waals surface area contributed by atoms with E-state index in [4.69, 9.17) is 14.2 Å². The van der Waals surface area contributed by atoms with Crippen LogP contribution in [-0.2, 0) is 10.3 Å². The minimum Gasteiger partial charge on any atom is -0.490 e. The number of fused-ring (bicyclic) bond motifs is 1. The Kier molecular flexibility index (Phi) is 4.36. The van der Waals surface area contributed by atoms with E-state index in [0.29, 0.717) is 32.7 Å². The van der Waals surface area contributed by atoms with E-state index in [1.54, 1.807) is 0 Å². The summed E-state index contributed by atoms with van der Waals surface area (Å²) < 4.78 is 17.1. The van der Waals surface area contributed by atoms with Crippen LogP contribution in [0.4, 0.5) is 0 Å². The van der Waals surface area contributed by atoms with Crippen LogP contribution in [0.15, 0.2) is 18.2 Å². The van der Waals surface area contributed by atoms with Gasteiger partial charge in [-0.3, -0.25) is 0 Å². The molecule has 2 unspecified atom stereocenters. The number of hydrogen-bond donors (Lipinski definition) is 1. The third-order valence-corrected chi connectivity index (χ3v) is 4.33.